The molecule has 4 bridgehead atoms. The lowest BCUT2D eigenvalue weighted by Gasteiger charge is -2.57. The van der Waals surface area contributed by atoms with Gasteiger partial charge in [0.15, 0.2) is 6.20 Å². The molecule has 0 spiro atoms. The van der Waals surface area contributed by atoms with Gasteiger partial charge in [0.1, 0.15) is 7.05 Å². The third-order valence-corrected chi connectivity index (χ3v) is 11.3. The SMILES string of the molecule is Cc1ccc2c3ccc(CC(C)(C)C)cc3n3c4cc(C56CC7CC(CC(C7)C5)C6)cc5cc[n+](C)c(c1c23)c54. The zero-order chi connectivity index (χ0) is 27.1. The Balaban J connectivity index is 1.45. The highest BCUT2D eigenvalue weighted by molar-refractivity contribution is 6.25. The molecule has 4 aliphatic rings. The number of rotatable bonds is 2. The molecule has 4 saturated carbocycles. The van der Waals surface area contributed by atoms with Gasteiger partial charge < -0.3 is 4.40 Å². The van der Waals surface area contributed by atoms with Crippen molar-refractivity contribution in [3.8, 4) is 0 Å². The summed E-state index contributed by atoms with van der Waals surface area (Å²) in [7, 11) is 2.24. The van der Waals surface area contributed by atoms with Crippen LogP contribution in [0.2, 0.25) is 0 Å². The van der Waals surface area contributed by atoms with E-state index in [1.54, 1.807) is 5.56 Å². The molecule has 3 aromatic heterocycles. The van der Waals surface area contributed by atoms with Gasteiger partial charge in [-0.1, -0.05) is 45.0 Å². The van der Waals surface area contributed by atoms with Crippen molar-refractivity contribution in [2.75, 3.05) is 0 Å². The zero-order valence-corrected chi connectivity index (χ0v) is 24.8. The van der Waals surface area contributed by atoms with E-state index in [0.29, 0.717) is 5.41 Å². The maximum atomic E-state index is 2.68. The van der Waals surface area contributed by atoms with E-state index < -0.39 is 0 Å². The van der Waals surface area contributed by atoms with Crippen molar-refractivity contribution < 1.29 is 4.57 Å². The van der Waals surface area contributed by atoms with Gasteiger partial charge in [-0.25, -0.2) is 4.57 Å². The lowest BCUT2D eigenvalue weighted by Crippen LogP contribution is -2.48. The zero-order valence-electron chi connectivity index (χ0n) is 24.8. The second-order valence-electron chi connectivity index (χ2n) is 15.5. The van der Waals surface area contributed by atoms with E-state index in [1.807, 2.05) is 0 Å². The van der Waals surface area contributed by atoms with Gasteiger partial charge in [0.2, 0.25) is 5.52 Å². The van der Waals surface area contributed by atoms with Gasteiger partial charge in [0.25, 0.3) is 0 Å². The second-order valence-corrected chi connectivity index (χ2v) is 15.5. The van der Waals surface area contributed by atoms with E-state index in [4.69, 9.17) is 0 Å². The minimum atomic E-state index is 0.259. The molecule has 0 aliphatic heterocycles. The largest absolute Gasteiger partial charge is 0.307 e. The van der Waals surface area contributed by atoms with Crippen LogP contribution in [0.3, 0.4) is 0 Å². The Bertz CT molecular complexity index is 1980. The molecule has 2 heteroatoms. The van der Waals surface area contributed by atoms with Crippen LogP contribution in [0.4, 0.5) is 0 Å². The molecule has 0 atom stereocenters. The molecule has 0 radical (unpaired) electrons. The second kappa shape index (κ2) is 7.58. The Morgan fingerprint density at radius 2 is 1.52 bits per heavy atom. The first-order valence-corrected chi connectivity index (χ1v) is 15.7. The van der Waals surface area contributed by atoms with Crippen molar-refractivity contribution >= 4 is 49.0 Å². The summed E-state index contributed by atoms with van der Waals surface area (Å²) >= 11 is 0. The summed E-state index contributed by atoms with van der Waals surface area (Å²) in [4.78, 5) is 0. The number of aromatic nitrogens is 2. The smallest absolute Gasteiger partial charge is 0.224 e. The first kappa shape index (κ1) is 23.6. The molecular weight excluding hydrogens is 484 g/mol. The van der Waals surface area contributed by atoms with Gasteiger partial charge in [-0.15, -0.1) is 0 Å². The summed E-state index contributed by atoms with van der Waals surface area (Å²) in [6.07, 6.45) is 12.1. The molecule has 3 aromatic carbocycles. The number of benzene rings is 3. The van der Waals surface area contributed by atoms with E-state index in [0.717, 1.165) is 24.2 Å². The molecule has 40 heavy (non-hydrogen) atoms. The Morgan fingerprint density at radius 3 is 2.23 bits per heavy atom. The van der Waals surface area contributed by atoms with Crippen LogP contribution < -0.4 is 4.57 Å². The summed E-state index contributed by atoms with van der Waals surface area (Å²) in [5.41, 5.74) is 10.7. The molecule has 0 amide bonds. The van der Waals surface area contributed by atoms with Crippen LogP contribution in [-0.4, -0.2) is 4.40 Å². The predicted molar refractivity (Wildman–Crippen MR) is 168 cm³/mol. The Morgan fingerprint density at radius 1 is 0.825 bits per heavy atom. The quantitative estimate of drug-likeness (QED) is 0.121. The molecule has 0 unspecified atom stereocenters. The van der Waals surface area contributed by atoms with Gasteiger partial charge in [0.05, 0.1) is 27.3 Å². The number of hydrogen-bond donors (Lipinski definition) is 0. The molecule has 6 aromatic rings. The predicted octanol–water partition coefficient (Wildman–Crippen LogP) is 9.18. The van der Waals surface area contributed by atoms with Gasteiger partial charge in [-0.2, -0.15) is 0 Å². The van der Waals surface area contributed by atoms with Crippen LogP contribution in [0.25, 0.3) is 49.0 Å². The van der Waals surface area contributed by atoms with Crippen LogP contribution >= 0.6 is 0 Å². The average Bonchev–Trinajstić information content (AvgIpc) is 3.21. The van der Waals surface area contributed by atoms with Crippen molar-refractivity contribution in [1.82, 2.24) is 4.40 Å². The molecule has 0 N–H and O–H groups in total. The van der Waals surface area contributed by atoms with Gasteiger partial charge >= 0.3 is 0 Å². The normalized spacial score (nSPS) is 26.5. The first-order chi connectivity index (χ1) is 19.2. The Hall–Kier alpha value is -3.13. The van der Waals surface area contributed by atoms with Gasteiger partial charge in [-0.05, 0) is 121 Å². The fraction of sp³-hybridized carbons (Fsp3) is 0.447. The van der Waals surface area contributed by atoms with Crippen LogP contribution in [0.5, 0.6) is 0 Å². The lowest BCUT2D eigenvalue weighted by molar-refractivity contribution is -0.643. The van der Waals surface area contributed by atoms with Crippen LogP contribution in [0, 0.1) is 30.1 Å². The topological polar surface area (TPSA) is 8.29 Å². The van der Waals surface area contributed by atoms with Crippen molar-refractivity contribution in [3.05, 3.63) is 71.4 Å². The van der Waals surface area contributed by atoms with E-state index in [2.05, 4.69) is 98.4 Å². The molecule has 0 saturated heterocycles. The monoisotopic (exact) mass is 525 g/mol. The average molecular weight is 526 g/mol. The fourth-order valence-electron chi connectivity index (χ4n) is 10.3. The van der Waals surface area contributed by atoms with E-state index in [9.17, 15) is 0 Å². The molecule has 202 valence electrons. The van der Waals surface area contributed by atoms with Crippen molar-refractivity contribution in [2.45, 2.75) is 78.1 Å². The Kier molecular flexibility index (Phi) is 4.46. The third kappa shape index (κ3) is 3.09. The summed E-state index contributed by atoms with van der Waals surface area (Å²) < 4.78 is 5.06. The summed E-state index contributed by atoms with van der Waals surface area (Å²) in [5.74, 6) is 2.85. The molecule has 3 heterocycles. The summed E-state index contributed by atoms with van der Waals surface area (Å²) in [6, 6.07) is 19.7. The van der Waals surface area contributed by atoms with Crippen LogP contribution in [-0.2, 0) is 18.9 Å². The van der Waals surface area contributed by atoms with E-state index in [1.165, 1.54) is 98.6 Å². The number of hydrogen-bond acceptors (Lipinski definition) is 0. The standard InChI is InChI=1S/C38H41N2/c1-22-6-8-30-29-9-7-23(18-37(2,3)4)15-31(29)40-32-17-28(38-19-24-12-25(20-38)14-26(13-24)21-38)16-27-10-11-39(5)36(34(27)32)33(22)35(30)40/h6-11,15-17,24-26H,12-14,18-21H2,1-5H3/q+1. The highest BCUT2D eigenvalue weighted by Gasteiger charge is 2.51. The number of aryl methyl sites for hydroxylation is 2. The van der Waals surface area contributed by atoms with Gasteiger partial charge in [-0.3, -0.25) is 0 Å². The minimum absolute atomic E-state index is 0.259. The van der Waals surface area contributed by atoms with E-state index in [-0.39, 0.29) is 5.41 Å². The lowest BCUT2D eigenvalue weighted by atomic mass is 9.48. The van der Waals surface area contributed by atoms with Crippen molar-refractivity contribution in [1.29, 1.82) is 0 Å². The molecule has 4 aliphatic carbocycles. The van der Waals surface area contributed by atoms with Crippen molar-refractivity contribution in [2.24, 2.45) is 30.2 Å². The molecule has 4 fully saturated rings. The molecular formula is C38H41N2+. The number of pyridine rings is 2. The van der Waals surface area contributed by atoms with Crippen LogP contribution in [0.1, 0.15) is 76.0 Å². The summed E-state index contributed by atoms with van der Waals surface area (Å²) in [6.45, 7) is 9.36. The Labute approximate surface area is 237 Å². The maximum absolute atomic E-state index is 2.68. The number of nitrogens with zero attached hydrogens (tertiary/aromatic N) is 2. The molecule has 10 rings (SSSR count). The van der Waals surface area contributed by atoms with E-state index >= 15 is 0 Å². The van der Waals surface area contributed by atoms with Crippen LogP contribution in [0.15, 0.2) is 54.7 Å². The fourth-order valence-corrected chi connectivity index (χ4v) is 10.3. The van der Waals surface area contributed by atoms with Gasteiger partial charge in [0, 0.05) is 16.8 Å². The molecule has 2 nitrogen and oxygen atoms in total. The van der Waals surface area contributed by atoms with Crippen molar-refractivity contribution in [3.63, 3.8) is 0 Å². The highest BCUT2D eigenvalue weighted by Crippen LogP contribution is 2.61. The minimum Gasteiger partial charge on any atom is -0.307 e. The maximum Gasteiger partial charge on any atom is 0.224 e. The number of fused-ring (bicyclic) bond motifs is 5. The highest BCUT2D eigenvalue weighted by atomic mass is 15.0. The third-order valence-electron chi connectivity index (χ3n) is 11.3. The first-order valence-electron chi connectivity index (χ1n) is 15.7. The summed E-state index contributed by atoms with van der Waals surface area (Å²) in [5, 5.41) is 7.04.